The van der Waals surface area contributed by atoms with Crippen molar-refractivity contribution in [3.05, 3.63) is 33.5 Å². The predicted molar refractivity (Wildman–Crippen MR) is 65.2 cm³/mol. The van der Waals surface area contributed by atoms with Gasteiger partial charge >= 0.3 is 0 Å². The van der Waals surface area contributed by atoms with Crippen LogP contribution in [0.25, 0.3) is 0 Å². The largest absolute Gasteiger partial charge is 0.309 e. The van der Waals surface area contributed by atoms with Crippen molar-refractivity contribution in [1.82, 2.24) is 5.32 Å². The first-order valence-corrected chi connectivity index (χ1v) is 6.01. The Hall–Kier alpha value is -0.310. The van der Waals surface area contributed by atoms with Gasteiger partial charge in [-0.05, 0) is 31.3 Å². The number of hydrogen-bond acceptors (Lipinski definition) is 2. The van der Waals surface area contributed by atoms with Crippen molar-refractivity contribution in [1.29, 1.82) is 0 Å². The maximum Gasteiger partial charge on any atom is 0.0561 e. The Balaban J connectivity index is 2.77. The highest BCUT2D eigenvalue weighted by Crippen LogP contribution is 2.31. The topological polar surface area (TPSA) is 12.0 Å². The molecule has 1 heterocycles. The number of thiophene rings is 1. The third-order valence-electron chi connectivity index (χ3n) is 1.96. The van der Waals surface area contributed by atoms with Gasteiger partial charge in [0.15, 0.2) is 0 Å². The van der Waals surface area contributed by atoms with Crippen LogP contribution in [0.3, 0.4) is 0 Å². The minimum absolute atomic E-state index is 0.324. The van der Waals surface area contributed by atoms with Gasteiger partial charge in [0.2, 0.25) is 0 Å². The summed E-state index contributed by atoms with van der Waals surface area (Å²) in [5, 5.41) is 6.31. The van der Waals surface area contributed by atoms with E-state index in [2.05, 4.69) is 18.8 Å². The highest BCUT2D eigenvalue weighted by molar-refractivity contribution is 7.10. The summed E-state index contributed by atoms with van der Waals surface area (Å²) in [5.41, 5.74) is 1.18. The molecule has 1 atom stereocenters. The van der Waals surface area contributed by atoms with Crippen LogP contribution >= 0.6 is 22.9 Å². The second-order valence-electron chi connectivity index (χ2n) is 3.40. The number of nitrogens with one attached hydrogen (secondary N) is 1. The van der Waals surface area contributed by atoms with Crippen molar-refractivity contribution < 1.29 is 0 Å². The van der Waals surface area contributed by atoms with Crippen molar-refractivity contribution in [3.8, 4) is 0 Å². The van der Waals surface area contributed by atoms with Crippen LogP contribution in [0.5, 0.6) is 0 Å². The SMILES string of the molecule is C=C(C)CC(NCC)c1sccc1Cl. The molecule has 1 unspecified atom stereocenters. The molecule has 0 saturated heterocycles. The zero-order chi connectivity index (χ0) is 10.6. The Labute approximate surface area is 94.8 Å². The lowest BCUT2D eigenvalue weighted by Crippen LogP contribution is -2.20. The Morgan fingerprint density at radius 2 is 2.43 bits per heavy atom. The summed E-state index contributed by atoms with van der Waals surface area (Å²) in [4.78, 5) is 1.22. The minimum Gasteiger partial charge on any atom is -0.309 e. The summed E-state index contributed by atoms with van der Waals surface area (Å²) >= 11 is 7.80. The number of rotatable bonds is 5. The molecule has 0 aromatic carbocycles. The lowest BCUT2D eigenvalue weighted by atomic mass is 10.1. The molecule has 0 amide bonds. The maximum atomic E-state index is 6.09. The van der Waals surface area contributed by atoms with Gasteiger partial charge in [0.25, 0.3) is 0 Å². The van der Waals surface area contributed by atoms with E-state index >= 15 is 0 Å². The lowest BCUT2D eigenvalue weighted by molar-refractivity contribution is 0.557. The van der Waals surface area contributed by atoms with E-state index in [-0.39, 0.29) is 0 Å². The van der Waals surface area contributed by atoms with Gasteiger partial charge in [-0.15, -0.1) is 17.9 Å². The lowest BCUT2D eigenvalue weighted by Gasteiger charge is -2.16. The highest BCUT2D eigenvalue weighted by atomic mass is 35.5. The molecule has 78 valence electrons. The van der Waals surface area contributed by atoms with Crippen LogP contribution in [0, 0.1) is 0 Å². The minimum atomic E-state index is 0.324. The fourth-order valence-corrected chi connectivity index (χ4v) is 2.67. The van der Waals surface area contributed by atoms with Crippen molar-refractivity contribution in [2.45, 2.75) is 26.3 Å². The molecule has 0 aliphatic heterocycles. The second-order valence-corrected chi connectivity index (χ2v) is 4.76. The van der Waals surface area contributed by atoms with Gasteiger partial charge < -0.3 is 5.32 Å². The van der Waals surface area contributed by atoms with Crippen molar-refractivity contribution >= 4 is 22.9 Å². The second kappa shape index (κ2) is 5.54. The van der Waals surface area contributed by atoms with Crippen LogP contribution in [0.1, 0.15) is 31.2 Å². The van der Waals surface area contributed by atoms with E-state index in [1.165, 1.54) is 10.5 Å². The summed E-state index contributed by atoms with van der Waals surface area (Å²) in [5.74, 6) is 0. The van der Waals surface area contributed by atoms with E-state index in [9.17, 15) is 0 Å². The van der Waals surface area contributed by atoms with Crippen LogP contribution in [-0.4, -0.2) is 6.54 Å². The normalized spacial score (nSPS) is 12.8. The van der Waals surface area contributed by atoms with E-state index in [0.29, 0.717) is 6.04 Å². The van der Waals surface area contributed by atoms with Gasteiger partial charge in [0.1, 0.15) is 0 Å². The molecule has 1 aromatic heterocycles. The zero-order valence-corrected chi connectivity index (χ0v) is 10.2. The first-order chi connectivity index (χ1) is 6.65. The average Bonchev–Trinajstić information content (AvgIpc) is 2.50. The molecule has 1 aromatic rings. The third kappa shape index (κ3) is 3.12. The first-order valence-electron chi connectivity index (χ1n) is 4.75. The standard InChI is InChI=1S/C11H16ClNS/c1-4-13-10(7-8(2)3)11-9(12)5-6-14-11/h5-6,10,13H,2,4,7H2,1,3H3. The molecule has 0 radical (unpaired) electrons. The molecule has 0 saturated carbocycles. The van der Waals surface area contributed by atoms with Gasteiger partial charge in [-0.1, -0.05) is 24.1 Å². The Morgan fingerprint density at radius 1 is 1.71 bits per heavy atom. The Bertz CT molecular complexity index is 306. The molecule has 3 heteroatoms. The van der Waals surface area contributed by atoms with Gasteiger partial charge in [0.05, 0.1) is 5.02 Å². The van der Waals surface area contributed by atoms with Gasteiger partial charge in [-0.25, -0.2) is 0 Å². The van der Waals surface area contributed by atoms with E-state index in [4.69, 9.17) is 11.6 Å². The van der Waals surface area contributed by atoms with E-state index in [0.717, 1.165) is 18.0 Å². The average molecular weight is 230 g/mol. The van der Waals surface area contributed by atoms with Gasteiger partial charge in [0, 0.05) is 10.9 Å². The van der Waals surface area contributed by atoms with Crippen LogP contribution in [0.4, 0.5) is 0 Å². The van der Waals surface area contributed by atoms with E-state index in [1.807, 2.05) is 18.4 Å². The van der Waals surface area contributed by atoms with E-state index < -0.39 is 0 Å². The number of halogens is 1. The highest BCUT2D eigenvalue weighted by Gasteiger charge is 2.14. The Kier molecular flexibility index (Phi) is 4.66. The Morgan fingerprint density at radius 3 is 2.86 bits per heavy atom. The fourth-order valence-electron chi connectivity index (χ4n) is 1.41. The molecule has 1 N–H and O–H groups in total. The van der Waals surface area contributed by atoms with Gasteiger partial charge in [-0.3, -0.25) is 0 Å². The zero-order valence-electron chi connectivity index (χ0n) is 8.64. The first kappa shape index (κ1) is 11.8. The summed E-state index contributed by atoms with van der Waals surface area (Å²) in [6.45, 7) is 9.04. The van der Waals surface area contributed by atoms with Crippen LogP contribution < -0.4 is 5.32 Å². The van der Waals surface area contributed by atoms with Crippen molar-refractivity contribution in [2.24, 2.45) is 0 Å². The smallest absolute Gasteiger partial charge is 0.0561 e. The number of hydrogen-bond donors (Lipinski definition) is 1. The molecule has 14 heavy (non-hydrogen) atoms. The van der Waals surface area contributed by atoms with Crippen molar-refractivity contribution in [3.63, 3.8) is 0 Å². The molecular formula is C11H16ClNS. The van der Waals surface area contributed by atoms with Crippen LogP contribution in [-0.2, 0) is 0 Å². The molecule has 0 aliphatic rings. The van der Waals surface area contributed by atoms with Gasteiger partial charge in [-0.2, -0.15) is 0 Å². The molecule has 0 aliphatic carbocycles. The molecule has 0 fully saturated rings. The quantitative estimate of drug-likeness (QED) is 0.753. The van der Waals surface area contributed by atoms with Crippen LogP contribution in [0.15, 0.2) is 23.6 Å². The van der Waals surface area contributed by atoms with Crippen molar-refractivity contribution in [2.75, 3.05) is 6.54 Å². The molecule has 0 bridgehead atoms. The molecule has 1 rings (SSSR count). The van der Waals surface area contributed by atoms with Crippen LogP contribution in [0.2, 0.25) is 5.02 Å². The monoisotopic (exact) mass is 229 g/mol. The fraction of sp³-hybridized carbons (Fsp3) is 0.455. The molecular weight excluding hydrogens is 214 g/mol. The summed E-state index contributed by atoms with van der Waals surface area (Å²) in [6.07, 6.45) is 0.952. The summed E-state index contributed by atoms with van der Waals surface area (Å²) < 4.78 is 0. The predicted octanol–water partition coefficient (Wildman–Crippen LogP) is 4.02. The van der Waals surface area contributed by atoms with E-state index in [1.54, 1.807) is 11.3 Å². The molecule has 1 nitrogen and oxygen atoms in total. The summed E-state index contributed by atoms with van der Waals surface area (Å²) in [6, 6.07) is 2.27. The summed E-state index contributed by atoms with van der Waals surface area (Å²) in [7, 11) is 0. The molecule has 0 spiro atoms. The third-order valence-corrected chi connectivity index (χ3v) is 3.44. The maximum absolute atomic E-state index is 6.09.